The monoisotopic (exact) mass is 305 g/mol. The minimum atomic E-state index is -0.369. The fraction of sp³-hybridized carbons (Fsp3) is 0.562. The third-order valence-electron chi connectivity index (χ3n) is 4.40. The summed E-state index contributed by atoms with van der Waals surface area (Å²) in [6.45, 7) is 7.83. The molecule has 1 atom stereocenters. The van der Waals surface area contributed by atoms with E-state index >= 15 is 0 Å². The molecule has 1 aromatic rings. The number of carbonyl (C=O) groups is 1. The molecule has 1 aromatic carbocycles. The van der Waals surface area contributed by atoms with Gasteiger partial charge in [-0.05, 0) is 37.6 Å². The third-order valence-corrected chi connectivity index (χ3v) is 4.40. The van der Waals surface area contributed by atoms with Crippen LogP contribution in [0.25, 0.3) is 0 Å². The quantitative estimate of drug-likeness (QED) is 0.439. The Morgan fingerprint density at radius 1 is 1.41 bits per heavy atom. The summed E-state index contributed by atoms with van der Waals surface area (Å²) in [7, 11) is 0. The fourth-order valence-corrected chi connectivity index (χ4v) is 3.02. The van der Waals surface area contributed by atoms with Gasteiger partial charge in [-0.2, -0.15) is 0 Å². The van der Waals surface area contributed by atoms with Crippen molar-refractivity contribution in [1.29, 1.82) is 0 Å². The van der Waals surface area contributed by atoms with Gasteiger partial charge >= 0.3 is 0 Å². The molecule has 0 amide bonds. The number of hydrogen-bond acceptors (Lipinski definition) is 5. The summed E-state index contributed by atoms with van der Waals surface area (Å²) in [6.07, 6.45) is 2.42. The second kappa shape index (κ2) is 7.35. The molecule has 0 fully saturated rings. The molecule has 1 aliphatic rings. The van der Waals surface area contributed by atoms with Crippen LogP contribution in [0.15, 0.2) is 18.2 Å². The number of nitro benzene ring substituents is 1. The van der Waals surface area contributed by atoms with Crippen molar-refractivity contribution in [2.24, 2.45) is 0 Å². The molecule has 1 unspecified atom stereocenters. The zero-order chi connectivity index (χ0) is 16.1. The van der Waals surface area contributed by atoms with Crippen LogP contribution in [-0.4, -0.2) is 48.3 Å². The topological polar surface area (TPSA) is 66.7 Å². The van der Waals surface area contributed by atoms with Crippen molar-refractivity contribution < 1.29 is 9.72 Å². The van der Waals surface area contributed by atoms with Crippen LogP contribution in [0.5, 0.6) is 0 Å². The highest BCUT2D eigenvalue weighted by Crippen LogP contribution is 2.32. The van der Waals surface area contributed by atoms with Gasteiger partial charge in [0.05, 0.1) is 11.0 Å². The number of hydrogen-bond donors (Lipinski definition) is 0. The highest BCUT2D eigenvalue weighted by molar-refractivity contribution is 5.71. The highest BCUT2D eigenvalue weighted by Gasteiger charge is 2.27. The molecular weight excluding hydrogens is 282 g/mol. The van der Waals surface area contributed by atoms with Crippen molar-refractivity contribution in [3.8, 4) is 0 Å². The van der Waals surface area contributed by atoms with Crippen LogP contribution in [0.1, 0.15) is 25.8 Å². The summed E-state index contributed by atoms with van der Waals surface area (Å²) in [6, 6.07) is 4.81. The van der Waals surface area contributed by atoms with Crippen molar-refractivity contribution >= 4 is 17.7 Å². The van der Waals surface area contributed by atoms with E-state index < -0.39 is 0 Å². The molecular formula is C16H23N3O3. The Hall–Kier alpha value is -1.95. The summed E-state index contributed by atoms with van der Waals surface area (Å²) in [5.41, 5.74) is 2.04. The second-order valence-electron chi connectivity index (χ2n) is 5.53. The lowest BCUT2D eigenvalue weighted by Gasteiger charge is -2.37. The maximum Gasteiger partial charge on any atom is 0.269 e. The van der Waals surface area contributed by atoms with Crippen LogP contribution in [-0.2, 0) is 11.2 Å². The number of nitro groups is 1. The van der Waals surface area contributed by atoms with Crippen molar-refractivity contribution in [3.05, 3.63) is 33.9 Å². The number of anilines is 1. The minimum absolute atomic E-state index is 0.118. The Morgan fingerprint density at radius 2 is 2.14 bits per heavy atom. The van der Waals surface area contributed by atoms with Crippen LogP contribution in [0.3, 0.4) is 0 Å². The van der Waals surface area contributed by atoms with E-state index in [0.717, 1.165) is 50.1 Å². The molecule has 1 aliphatic heterocycles. The number of rotatable bonds is 7. The number of aryl methyl sites for hydroxylation is 1. The summed E-state index contributed by atoms with van der Waals surface area (Å²) in [5, 5.41) is 10.9. The third kappa shape index (κ3) is 3.44. The first-order valence-electron chi connectivity index (χ1n) is 7.82. The van der Waals surface area contributed by atoms with Crippen LogP contribution in [0, 0.1) is 10.1 Å². The van der Waals surface area contributed by atoms with Crippen LogP contribution in [0.2, 0.25) is 0 Å². The largest absolute Gasteiger partial charge is 0.360 e. The van der Waals surface area contributed by atoms with Gasteiger partial charge in [0.15, 0.2) is 0 Å². The molecule has 22 heavy (non-hydrogen) atoms. The van der Waals surface area contributed by atoms with E-state index in [1.54, 1.807) is 12.1 Å². The lowest BCUT2D eigenvalue weighted by atomic mass is 9.96. The van der Waals surface area contributed by atoms with Gasteiger partial charge in [0.1, 0.15) is 6.29 Å². The van der Waals surface area contributed by atoms with Gasteiger partial charge < -0.3 is 14.6 Å². The zero-order valence-electron chi connectivity index (χ0n) is 13.2. The van der Waals surface area contributed by atoms with Crippen molar-refractivity contribution in [1.82, 2.24) is 4.90 Å². The van der Waals surface area contributed by atoms with E-state index in [1.165, 1.54) is 6.07 Å². The number of fused-ring (bicyclic) bond motifs is 1. The van der Waals surface area contributed by atoms with E-state index in [4.69, 9.17) is 0 Å². The minimum Gasteiger partial charge on any atom is -0.360 e. The smallest absolute Gasteiger partial charge is 0.269 e. The SMILES string of the molecule is CCN(CC)CCN1c2ccc([N+](=O)[O-])cc2CCC1C=O. The van der Waals surface area contributed by atoms with Gasteiger partial charge in [-0.15, -0.1) is 0 Å². The highest BCUT2D eigenvalue weighted by atomic mass is 16.6. The number of aldehydes is 1. The van der Waals surface area contributed by atoms with Crippen LogP contribution < -0.4 is 4.90 Å². The Kier molecular flexibility index (Phi) is 5.49. The lowest BCUT2D eigenvalue weighted by Crippen LogP contribution is -2.44. The Bertz CT molecular complexity index is 543. The van der Waals surface area contributed by atoms with Crippen LogP contribution in [0.4, 0.5) is 11.4 Å². The van der Waals surface area contributed by atoms with Gasteiger partial charge in [-0.25, -0.2) is 0 Å². The Balaban J connectivity index is 2.23. The number of non-ortho nitro benzene ring substituents is 1. The fourth-order valence-electron chi connectivity index (χ4n) is 3.02. The zero-order valence-corrected chi connectivity index (χ0v) is 13.2. The van der Waals surface area contributed by atoms with Crippen molar-refractivity contribution in [2.75, 3.05) is 31.1 Å². The maximum atomic E-state index is 11.4. The number of nitrogens with zero attached hydrogens (tertiary/aromatic N) is 3. The predicted octanol–water partition coefficient (Wildman–Crippen LogP) is 2.26. The van der Waals surface area contributed by atoms with Crippen LogP contribution >= 0.6 is 0 Å². The first-order valence-corrected chi connectivity index (χ1v) is 7.82. The lowest BCUT2D eigenvalue weighted by molar-refractivity contribution is -0.384. The molecule has 6 nitrogen and oxygen atoms in total. The standard InChI is InChI=1S/C16H23N3O3/c1-3-17(4-2)9-10-18-15(12-20)6-5-13-11-14(19(21)22)7-8-16(13)18/h7-8,11-12,15H,3-6,9-10H2,1-2H3. The average molecular weight is 305 g/mol. The molecule has 0 aliphatic carbocycles. The molecule has 0 N–H and O–H groups in total. The first-order chi connectivity index (χ1) is 10.6. The van der Waals surface area contributed by atoms with Gasteiger partial charge in [-0.3, -0.25) is 10.1 Å². The molecule has 6 heteroatoms. The normalized spacial score (nSPS) is 17.4. The molecule has 2 rings (SSSR count). The molecule has 0 radical (unpaired) electrons. The van der Waals surface area contributed by atoms with E-state index in [0.29, 0.717) is 6.42 Å². The molecule has 0 saturated carbocycles. The van der Waals surface area contributed by atoms with Crippen molar-refractivity contribution in [2.45, 2.75) is 32.7 Å². The number of benzene rings is 1. The van der Waals surface area contributed by atoms with Gasteiger partial charge in [0, 0.05) is 30.9 Å². The van der Waals surface area contributed by atoms with E-state index in [9.17, 15) is 14.9 Å². The number of carbonyl (C=O) groups excluding carboxylic acids is 1. The summed E-state index contributed by atoms with van der Waals surface area (Å²) in [5.74, 6) is 0. The number of likely N-dealkylation sites (N-methyl/N-ethyl adjacent to an activating group) is 1. The second-order valence-corrected chi connectivity index (χ2v) is 5.53. The van der Waals surface area contributed by atoms with Crippen molar-refractivity contribution in [3.63, 3.8) is 0 Å². The van der Waals surface area contributed by atoms with Gasteiger partial charge in [0.25, 0.3) is 5.69 Å². The Labute approximate surface area is 130 Å². The summed E-state index contributed by atoms with van der Waals surface area (Å²) < 4.78 is 0. The predicted molar refractivity (Wildman–Crippen MR) is 86.4 cm³/mol. The van der Waals surface area contributed by atoms with E-state index in [2.05, 4.69) is 23.6 Å². The van der Waals surface area contributed by atoms with E-state index in [1.807, 2.05) is 0 Å². The maximum absolute atomic E-state index is 11.4. The molecule has 0 saturated heterocycles. The summed E-state index contributed by atoms with van der Waals surface area (Å²) in [4.78, 5) is 26.3. The molecule has 1 heterocycles. The molecule has 0 aromatic heterocycles. The van der Waals surface area contributed by atoms with Gasteiger partial charge in [0.2, 0.25) is 0 Å². The van der Waals surface area contributed by atoms with E-state index in [-0.39, 0.29) is 16.7 Å². The molecule has 120 valence electrons. The van der Waals surface area contributed by atoms with Gasteiger partial charge in [-0.1, -0.05) is 13.8 Å². The Morgan fingerprint density at radius 3 is 2.73 bits per heavy atom. The summed E-state index contributed by atoms with van der Waals surface area (Å²) >= 11 is 0. The molecule has 0 bridgehead atoms. The first kappa shape index (κ1) is 16.4. The average Bonchev–Trinajstić information content (AvgIpc) is 2.54. The molecule has 0 spiro atoms.